The maximum absolute atomic E-state index is 15.7. The molecule has 0 saturated heterocycles. The van der Waals surface area contributed by atoms with Crippen LogP contribution in [0.3, 0.4) is 0 Å². The average Bonchev–Trinajstić information content (AvgIpc) is 3.11. The van der Waals surface area contributed by atoms with E-state index in [1.807, 2.05) is 0 Å². The van der Waals surface area contributed by atoms with Crippen molar-refractivity contribution in [2.45, 2.75) is 86.8 Å². The van der Waals surface area contributed by atoms with E-state index in [4.69, 9.17) is 0 Å². The predicted molar refractivity (Wildman–Crippen MR) is 108 cm³/mol. The standard InChI is InChI=1S/C24H23F13O2/c1-18-9-15(19(25,26)20(27,28)21(29,30)22(31,32)23(33,34)24(35,36)37)17-12-5-3-11(38)8-10(12)2-4-13(17)14(18)6-7-16(18)39/h3,5,8,13-17,38-39H,2,4,6-7,9H2,1H3/t13-,14-,15+,16-,17+,18-/m0/s1. The SMILES string of the molecule is C[C@]12C[C@@H](C(F)(F)C(F)(F)C(F)(F)C(F)(F)C(F)(F)C(F)(F)F)[C@@H]3c4ccc(O)cc4CC[C@H]3[C@@H]1CC[C@@H]2O. The van der Waals surface area contributed by atoms with Crippen molar-refractivity contribution in [3.63, 3.8) is 0 Å². The van der Waals surface area contributed by atoms with Crippen molar-refractivity contribution in [1.29, 1.82) is 0 Å². The quantitative estimate of drug-likeness (QED) is 0.348. The van der Waals surface area contributed by atoms with Gasteiger partial charge >= 0.3 is 35.8 Å². The van der Waals surface area contributed by atoms with Crippen molar-refractivity contribution in [3.8, 4) is 5.75 Å². The largest absolute Gasteiger partial charge is 0.508 e. The van der Waals surface area contributed by atoms with Crippen LogP contribution in [0.25, 0.3) is 0 Å². The van der Waals surface area contributed by atoms with Gasteiger partial charge in [0.05, 0.1) is 6.10 Å². The Hall–Kier alpha value is -1.93. The van der Waals surface area contributed by atoms with Crippen LogP contribution in [-0.4, -0.2) is 52.1 Å². The molecule has 2 saturated carbocycles. The lowest BCUT2D eigenvalue weighted by Gasteiger charge is -2.56. The summed E-state index contributed by atoms with van der Waals surface area (Å²) >= 11 is 0. The molecule has 2 N–H and O–H groups in total. The van der Waals surface area contributed by atoms with Crippen LogP contribution >= 0.6 is 0 Å². The molecular weight excluding hydrogens is 567 g/mol. The van der Waals surface area contributed by atoms with Crippen LogP contribution in [0.5, 0.6) is 5.75 Å². The smallest absolute Gasteiger partial charge is 0.460 e. The molecule has 4 rings (SSSR count). The molecule has 15 heteroatoms. The van der Waals surface area contributed by atoms with Crippen molar-refractivity contribution in [2.75, 3.05) is 0 Å². The third kappa shape index (κ3) is 3.79. The highest BCUT2D eigenvalue weighted by Crippen LogP contribution is 2.69. The molecule has 0 unspecified atom stereocenters. The Morgan fingerprint density at radius 1 is 0.769 bits per heavy atom. The van der Waals surface area contributed by atoms with E-state index < -0.39 is 77.4 Å². The fourth-order valence-corrected chi connectivity index (χ4v) is 7.04. The highest BCUT2D eigenvalue weighted by molar-refractivity contribution is 5.41. The van der Waals surface area contributed by atoms with Gasteiger partial charge in [0.2, 0.25) is 0 Å². The number of fused-ring (bicyclic) bond motifs is 5. The maximum atomic E-state index is 15.7. The summed E-state index contributed by atoms with van der Waals surface area (Å²) in [6.45, 7) is 1.24. The van der Waals surface area contributed by atoms with E-state index in [1.165, 1.54) is 6.92 Å². The Balaban J connectivity index is 1.88. The van der Waals surface area contributed by atoms with Gasteiger partial charge in [0.25, 0.3) is 0 Å². The summed E-state index contributed by atoms with van der Waals surface area (Å²) in [5.74, 6) is -43.9. The number of alkyl halides is 13. The predicted octanol–water partition coefficient (Wildman–Crippen LogP) is 7.57. The molecule has 6 atom stereocenters. The minimum Gasteiger partial charge on any atom is -0.508 e. The van der Waals surface area contributed by atoms with Gasteiger partial charge in [-0.1, -0.05) is 13.0 Å². The molecule has 2 nitrogen and oxygen atoms in total. The molecule has 222 valence electrons. The first-order valence-corrected chi connectivity index (χ1v) is 11.9. The van der Waals surface area contributed by atoms with Gasteiger partial charge in [-0.2, -0.15) is 57.1 Å². The van der Waals surface area contributed by atoms with E-state index in [0.717, 1.165) is 18.2 Å². The second-order valence-corrected chi connectivity index (χ2v) is 11.0. The summed E-state index contributed by atoms with van der Waals surface area (Å²) in [5, 5.41) is 20.3. The molecule has 1 aromatic carbocycles. The highest BCUT2D eigenvalue weighted by Gasteiger charge is 2.91. The zero-order chi connectivity index (χ0) is 29.8. The molecule has 0 radical (unpaired) electrons. The third-order valence-electron chi connectivity index (χ3n) is 9.09. The average molecular weight is 590 g/mol. The Morgan fingerprint density at radius 2 is 1.33 bits per heavy atom. The summed E-state index contributed by atoms with van der Waals surface area (Å²) in [4.78, 5) is 0. The highest BCUT2D eigenvalue weighted by atomic mass is 19.4. The number of aryl methyl sites for hydroxylation is 1. The monoisotopic (exact) mass is 590 g/mol. The maximum Gasteiger partial charge on any atom is 0.460 e. The van der Waals surface area contributed by atoms with Crippen LogP contribution in [0.15, 0.2) is 18.2 Å². The van der Waals surface area contributed by atoms with Gasteiger partial charge in [-0.3, -0.25) is 0 Å². The van der Waals surface area contributed by atoms with Gasteiger partial charge in [-0.15, -0.1) is 0 Å². The van der Waals surface area contributed by atoms with Crippen LogP contribution in [0.1, 0.15) is 49.7 Å². The normalized spacial score (nSPS) is 32.4. The zero-order valence-electron chi connectivity index (χ0n) is 20.0. The summed E-state index contributed by atoms with van der Waals surface area (Å²) in [5.41, 5.74) is -1.51. The van der Waals surface area contributed by atoms with Gasteiger partial charge < -0.3 is 10.2 Å². The number of aliphatic hydroxyl groups is 1. The summed E-state index contributed by atoms with van der Waals surface area (Å²) in [6, 6.07) is 3.18. The first-order chi connectivity index (χ1) is 17.5. The molecular formula is C24H23F13O2. The molecule has 0 aromatic heterocycles. The zero-order valence-corrected chi connectivity index (χ0v) is 20.0. The van der Waals surface area contributed by atoms with Gasteiger partial charge in [0.15, 0.2) is 0 Å². The van der Waals surface area contributed by atoms with E-state index in [-0.39, 0.29) is 42.6 Å². The van der Waals surface area contributed by atoms with Crippen LogP contribution in [-0.2, 0) is 6.42 Å². The molecule has 0 spiro atoms. The topological polar surface area (TPSA) is 40.5 Å². The molecule has 39 heavy (non-hydrogen) atoms. The lowest BCUT2D eigenvalue weighted by molar-refractivity contribution is -0.444. The van der Waals surface area contributed by atoms with E-state index in [2.05, 4.69) is 0 Å². The number of phenolic OH excluding ortho intramolecular Hbond substituents is 1. The fraction of sp³-hybridized carbons (Fsp3) is 0.750. The van der Waals surface area contributed by atoms with Gasteiger partial charge in [0.1, 0.15) is 5.75 Å². The third-order valence-corrected chi connectivity index (χ3v) is 9.09. The second-order valence-electron chi connectivity index (χ2n) is 11.0. The van der Waals surface area contributed by atoms with E-state index in [9.17, 15) is 58.5 Å². The van der Waals surface area contributed by atoms with E-state index in [1.54, 1.807) is 0 Å². The van der Waals surface area contributed by atoms with Crippen LogP contribution in [0.4, 0.5) is 57.1 Å². The molecule has 0 heterocycles. The minimum absolute atomic E-state index is 0.00898. The van der Waals surface area contributed by atoms with Gasteiger partial charge in [0, 0.05) is 5.92 Å². The molecule has 2 fully saturated rings. The first kappa shape index (κ1) is 30.0. The number of halogens is 13. The molecule has 0 bridgehead atoms. The van der Waals surface area contributed by atoms with E-state index in [0.29, 0.717) is 0 Å². The number of aliphatic hydroxyl groups excluding tert-OH is 1. The van der Waals surface area contributed by atoms with Crippen molar-refractivity contribution < 1.29 is 67.3 Å². The number of rotatable bonds is 5. The number of benzene rings is 1. The molecule has 1 aromatic rings. The Morgan fingerprint density at radius 3 is 1.90 bits per heavy atom. The lowest BCUT2D eigenvalue weighted by atomic mass is 9.50. The lowest BCUT2D eigenvalue weighted by Crippen LogP contribution is -2.72. The minimum atomic E-state index is -7.96. The number of hydrogen-bond acceptors (Lipinski definition) is 2. The van der Waals surface area contributed by atoms with Crippen molar-refractivity contribution in [1.82, 2.24) is 0 Å². The second kappa shape index (κ2) is 8.54. The Bertz CT molecular complexity index is 1120. The fourth-order valence-electron chi connectivity index (χ4n) is 7.04. The summed E-state index contributed by atoms with van der Waals surface area (Å²) < 4.78 is 182. The van der Waals surface area contributed by atoms with Crippen LogP contribution < -0.4 is 0 Å². The molecule has 0 aliphatic heterocycles. The Kier molecular flexibility index (Phi) is 6.58. The van der Waals surface area contributed by atoms with Crippen molar-refractivity contribution in [2.24, 2.45) is 23.2 Å². The van der Waals surface area contributed by atoms with Crippen LogP contribution in [0.2, 0.25) is 0 Å². The van der Waals surface area contributed by atoms with Crippen molar-refractivity contribution in [3.05, 3.63) is 29.3 Å². The van der Waals surface area contributed by atoms with Gasteiger partial charge in [-0.25, -0.2) is 0 Å². The molecule has 3 aliphatic rings. The first-order valence-electron chi connectivity index (χ1n) is 11.9. The summed E-state index contributed by atoms with van der Waals surface area (Å²) in [7, 11) is 0. The van der Waals surface area contributed by atoms with Crippen LogP contribution in [0, 0.1) is 23.2 Å². The van der Waals surface area contributed by atoms with Gasteiger partial charge in [-0.05, 0) is 78.5 Å². The molecule has 0 amide bonds. The molecule has 3 aliphatic carbocycles. The summed E-state index contributed by atoms with van der Waals surface area (Å²) in [6.07, 6.45) is -9.63. The van der Waals surface area contributed by atoms with Crippen molar-refractivity contribution >= 4 is 0 Å². The number of phenols is 1. The number of aromatic hydroxyl groups is 1. The van der Waals surface area contributed by atoms with E-state index >= 15 is 8.78 Å². The Labute approximate surface area is 213 Å². The number of hydrogen-bond donors (Lipinski definition) is 2.